The maximum atomic E-state index is 11.9. The SMILES string of the molecule is CC(=O)OCc1cccc(N(C)C(=O)OC(C)(C)C)n1. The number of ether oxygens (including phenoxy) is 2. The number of hydrogen-bond acceptors (Lipinski definition) is 5. The Morgan fingerprint density at radius 1 is 1.30 bits per heavy atom. The number of carbonyl (C=O) groups is 2. The highest BCUT2D eigenvalue weighted by Gasteiger charge is 2.21. The largest absolute Gasteiger partial charge is 0.459 e. The van der Waals surface area contributed by atoms with E-state index in [1.807, 2.05) is 0 Å². The molecule has 1 heterocycles. The van der Waals surface area contributed by atoms with E-state index < -0.39 is 11.7 Å². The quantitative estimate of drug-likeness (QED) is 0.796. The van der Waals surface area contributed by atoms with E-state index in [0.717, 1.165) is 0 Å². The van der Waals surface area contributed by atoms with Gasteiger partial charge in [0.2, 0.25) is 0 Å². The summed E-state index contributed by atoms with van der Waals surface area (Å²) in [5.41, 5.74) is -0.00569. The molecule has 0 bridgehead atoms. The lowest BCUT2D eigenvalue weighted by Crippen LogP contribution is -2.34. The first-order valence-electron chi connectivity index (χ1n) is 6.25. The van der Waals surface area contributed by atoms with Crippen molar-refractivity contribution in [2.75, 3.05) is 11.9 Å². The Bertz CT molecular complexity index is 494. The summed E-state index contributed by atoms with van der Waals surface area (Å²) >= 11 is 0. The average molecular weight is 280 g/mol. The number of rotatable bonds is 3. The fourth-order valence-electron chi connectivity index (χ4n) is 1.33. The number of pyridine rings is 1. The maximum absolute atomic E-state index is 11.9. The molecule has 0 saturated heterocycles. The average Bonchev–Trinajstić information content (AvgIpc) is 2.33. The Kier molecular flexibility index (Phi) is 5.07. The molecule has 110 valence electrons. The van der Waals surface area contributed by atoms with Crippen molar-refractivity contribution in [3.63, 3.8) is 0 Å². The summed E-state index contributed by atoms with van der Waals surface area (Å²) in [6.07, 6.45) is -0.491. The first kappa shape index (κ1) is 15.9. The van der Waals surface area contributed by atoms with Crippen molar-refractivity contribution >= 4 is 17.9 Å². The second kappa shape index (κ2) is 6.36. The number of amides is 1. The van der Waals surface area contributed by atoms with Crippen LogP contribution >= 0.6 is 0 Å². The van der Waals surface area contributed by atoms with Gasteiger partial charge in [-0.05, 0) is 32.9 Å². The van der Waals surface area contributed by atoms with Crippen LogP contribution in [0, 0.1) is 0 Å². The van der Waals surface area contributed by atoms with Crippen molar-refractivity contribution in [2.24, 2.45) is 0 Å². The fraction of sp³-hybridized carbons (Fsp3) is 0.500. The minimum atomic E-state index is -0.569. The van der Waals surface area contributed by atoms with Crippen LogP contribution in [0.4, 0.5) is 10.6 Å². The zero-order valence-electron chi connectivity index (χ0n) is 12.5. The highest BCUT2D eigenvalue weighted by Crippen LogP contribution is 2.15. The second-order valence-electron chi connectivity index (χ2n) is 5.31. The van der Waals surface area contributed by atoms with Gasteiger partial charge >= 0.3 is 12.1 Å². The molecule has 0 N–H and O–H groups in total. The molecule has 0 aliphatic carbocycles. The van der Waals surface area contributed by atoms with Crippen molar-refractivity contribution < 1.29 is 19.1 Å². The summed E-state index contributed by atoms with van der Waals surface area (Å²) in [5, 5.41) is 0. The predicted molar refractivity (Wildman–Crippen MR) is 74.3 cm³/mol. The standard InChI is InChI=1S/C14H20N2O4/c1-10(17)19-9-11-7-6-8-12(15-11)16(5)13(18)20-14(2,3)4/h6-8H,9H2,1-5H3. The van der Waals surface area contributed by atoms with E-state index in [0.29, 0.717) is 11.5 Å². The van der Waals surface area contributed by atoms with Crippen LogP contribution in [0.25, 0.3) is 0 Å². The van der Waals surface area contributed by atoms with Crippen molar-refractivity contribution in [2.45, 2.75) is 39.9 Å². The third-order valence-corrected chi connectivity index (χ3v) is 2.23. The minimum Gasteiger partial charge on any atom is -0.459 e. The molecule has 1 aromatic heterocycles. The highest BCUT2D eigenvalue weighted by molar-refractivity contribution is 5.85. The fourth-order valence-corrected chi connectivity index (χ4v) is 1.33. The van der Waals surface area contributed by atoms with Crippen molar-refractivity contribution in [1.82, 2.24) is 4.98 Å². The Hall–Kier alpha value is -2.11. The molecule has 0 aliphatic rings. The van der Waals surface area contributed by atoms with Crippen LogP contribution in [0.5, 0.6) is 0 Å². The van der Waals surface area contributed by atoms with E-state index >= 15 is 0 Å². The van der Waals surface area contributed by atoms with E-state index in [-0.39, 0.29) is 12.6 Å². The van der Waals surface area contributed by atoms with E-state index in [1.165, 1.54) is 11.8 Å². The van der Waals surface area contributed by atoms with Gasteiger partial charge in [0.15, 0.2) is 0 Å². The molecule has 20 heavy (non-hydrogen) atoms. The zero-order valence-corrected chi connectivity index (χ0v) is 12.5. The van der Waals surface area contributed by atoms with Crippen LogP contribution < -0.4 is 4.90 Å². The molecular weight excluding hydrogens is 260 g/mol. The van der Waals surface area contributed by atoms with E-state index in [2.05, 4.69) is 4.98 Å². The lowest BCUT2D eigenvalue weighted by atomic mass is 10.2. The maximum Gasteiger partial charge on any atom is 0.415 e. The Morgan fingerprint density at radius 2 is 1.95 bits per heavy atom. The molecule has 1 amide bonds. The van der Waals surface area contributed by atoms with Gasteiger partial charge in [0, 0.05) is 14.0 Å². The highest BCUT2D eigenvalue weighted by atomic mass is 16.6. The molecule has 0 atom stereocenters. The van der Waals surface area contributed by atoms with Gasteiger partial charge in [0.05, 0.1) is 5.69 Å². The number of hydrogen-bond donors (Lipinski definition) is 0. The van der Waals surface area contributed by atoms with Crippen LogP contribution in [-0.4, -0.2) is 29.7 Å². The van der Waals surface area contributed by atoms with Gasteiger partial charge in [-0.1, -0.05) is 6.07 Å². The van der Waals surface area contributed by atoms with Crippen LogP contribution in [0.1, 0.15) is 33.4 Å². The van der Waals surface area contributed by atoms with Gasteiger partial charge in [-0.2, -0.15) is 0 Å². The summed E-state index contributed by atoms with van der Waals surface area (Å²) in [6.45, 7) is 6.79. The van der Waals surface area contributed by atoms with E-state index in [1.54, 1.807) is 46.0 Å². The molecule has 0 spiro atoms. The molecule has 6 heteroatoms. The summed E-state index contributed by atoms with van der Waals surface area (Å²) in [7, 11) is 1.58. The molecule has 0 radical (unpaired) electrons. The molecule has 1 aromatic rings. The normalized spacial score (nSPS) is 10.8. The van der Waals surface area contributed by atoms with E-state index in [4.69, 9.17) is 9.47 Å². The second-order valence-corrected chi connectivity index (χ2v) is 5.31. The van der Waals surface area contributed by atoms with Crippen LogP contribution in [0.15, 0.2) is 18.2 Å². The molecule has 6 nitrogen and oxygen atoms in total. The first-order valence-corrected chi connectivity index (χ1v) is 6.25. The van der Waals surface area contributed by atoms with Crippen LogP contribution in [-0.2, 0) is 20.9 Å². The molecule has 0 fully saturated rings. The first-order chi connectivity index (χ1) is 9.19. The molecule has 0 unspecified atom stereocenters. The number of esters is 1. The summed E-state index contributed by atoms with van der Waals surface area (Å²) in [6, 6.07) is 5.14. The van der Waals surface area contributed by atoms with Gasteiger partial charge in [0.25, 0.3) is 0 Å². The summed E-state index contributed by atoms with van der Waals surface area (Å²) in [4.78, 5) is 28.2. The molecule has 0 aromatic carbocycles. The lowest BCUT2D eigenvalue weighted by molar-refractivity contribution is -0.142. The van der Waals surface area contributed by atoms with Gasteiger partial charge in [0.1, 0.15) is 18.0 Å². The van der Waals surface area contributed by atoms with Gasteiger partial charge in [-0.25, -0.2) is 9.78 Å². The van der Waals surface area contributed by atoms with Crippen molar-refractivity contribution in [3.8, 4) is 0 Å². The van der Waals surface area contributed by atoms with Gasteiger partial charge in [-0.15, -0.1) is 0 Å². The van der Waals surface area contributed by atoms with Crippen LogP contribution in [0.3, 0.4) is 0 Å². The molecule has 0 saturated carbocycles. The number of carbonyl (C=O) groups excluding carboxylic acids is 2. The third kappa shape index (κ3) is 5.26. The van der Waals surface area contributed by atoms with Crippen molar-refractivity contribution in [3.05, 3.63) is 23.9 Å². The number of nitrogens with zero attached hydrogens (tertiary/aromatic N) is 2. The summed E-state index contributed by atoms with van der Waals surface area (Å²) in [5.74, 6) is 0.0570. The monoisotopic (exact) mass is 280 g/mol. The Balaban J connectivity index is 2.77. The summed E-state index contributed by atoms with van der Waals surface area (Å²) < 4.78 is 10.1. The van der Waals surface area contributed by atoms with Crippen LogP contribution in [0.2, 0.25) is 0 Å². The predicted octanol–water partition coefficient (Wildman–Crippen LogP) is 2.52. The zero-order chi connectivity index (χ0) is 15.3. The smallest absolute Gasteiger partial charge is 0.415 e. The topological polar surface area (TPSA) is 68.7 Å². The minimum absolute atomic E-state index is 0.0747. The van der Waals surface area contributed by atoms with Crippen molar-refractivity contribution in [1.29, 1.82) is 0 Å². The molecule has 1 rings (SSSR count). The van der Waals surface area contributed by atoms with Gasteiger partial charge in [-0.3, -0.25) is 9.69 Å². The van der Waals surface area contributed by atoms with E-state index in [9.17, 15) is 9.59 Å². The number of aromatic nitrogens is 1. The lowest BCUT2D eigenvalue weighted by Gasteiger charge is -2.24. The Labute approximate surface area is 118 Å². The Morgan fingerprint density at radius 3 is 2.50 bits per heavy atom. The number of anilines is 1. The molecular formula is C14H20N2O4. The molecule has 0 aliphatic heterocycles. The third-order valence-electron chi connectivity index (χ3n) is 2.23. The van der Waals surface area contributed by atoms with Gasteiger partial charge < -0.3 is 9.47 Å².